The maximum absolute atomic E-state index is 12.6. The minimum Gasteiger partial charge on any atom is -0.497 e. The van der Waals surface area contributed by atoms with E-state index in [2.05, 4.69) is 20.4 Å². The van der Waals surface area contributed by atoms with E-state index in [4.69, 9.17) is 9.47 Å². The van der Waals surface area contributed by atoms with Crippen molar-refractivity contribution in [1.29, 1.82) is 0 Å². The molecule has 3 aromatic rings. The number of ether oxygens (including phenoxy) is 2. The van der Waals surface area contributed by atoms with Gasteiger partial charge in [0.15, 0.2) is 5.82 Å². The maximum atomic E-state index is 12.6. The number of nitrogens with one attached hydrogen (secondary N) is 1. The Balaban J connectivity index is 1.31. The molecular formula is C24H27N5O3. The van der Waals surface area contributed by atoms with Gasteiger partial charge in [-0.15, -0.1) is 10.2 Å². The molecular weight excluding hydrogens is 406 g/mol. The van der Waals surface area contributed by atoms with Gasteiger partial charge in [-0.25, -0.2) is 4.79 Å². The number of rotatable bonds is 6. The summed E-state index contributed by atoms with van der Waals surface area (Å²) >= 11 is 0. The summed E-state index contributed by atoms with van der Waals surface area (Å²) in [7, 11) is 1.62. The number of hydrogen-bond acceptors (Lipinski definition) is 6. The second-order valence-corrected chi connectivity index (χ2v) is 7.37. The molecule has 2 amide bonds. The van der Waals surface area contributed by atoms with Crippen LogP contribution in [0.3, 0.4) is 0 Å². The van der Waals surface area contributed by atoms with E-state index >= 15 is 0 Å². The van der Waals surface area contributed by atoms with Gasteiger partial charge in [0.25, 0.3) is 0 Å². The van der Waals surface area contributed by atoms with Crippen molar-refractivity contribution in [2.75, 3.05) is 50.1 Å². The van der Waals surface area contributed by atoms with E-state index in [-0.39, 0.29) is 6.03 Å². The second kappa shape index (κ2) is 10.00. The van der Waals surface area contributed by atoms with Crippen molar-refractivity contribution >= 4 is 17.5 Å². The smallest absolute Gasteiger partial charge is 0.321 e. The Morgan fingerprint density at radius 3 is 2.19 bits per heavy atom. The molecule has 8 heteroatoms. The van der Waals surface area contributed by atoms with Crippen LogP contribution in [0.2, 0.25) is 0 Å². The van der Waals surface area contributed by atoms with E-state index in [1.807, 2.05) is 72.5 Å². The monoisotopic (exact) mass is 433 g/mol. The van der Waals surface area contributed by atoms with Crippen LogP contribution in [0.15, 0.2) is 60.7 Å². The standard InChI is InChI=1S/C24H27N5O3/c1-3-32-21-8-4-18(5-9-21)22-12-13-23(27-26-22)28-14-16-29(17-15-28)24(30)25-19-6-10-20(31-2)11-7-19/h4-13H,3,14-17H2,1-2H3,(H,25,30). The van der Waals surface area contributed by atoms with Crippen LogP contribution in [0.4, 0.5) is 16.3 Å². The van der Waals surface area contributed by atoms with Gasteiger partial charge in [-0.3, -0.25) is 0 Å². The summed E-state index contributed by atoms with van der Waals surface area (Å²) in [6.07, 6.45) is 0. The Morgan fingerprint density at radius 2 is 1.59 bits per heavy atom. The molecule has 1 N–H and O–H groups in total. The van der Waals surface area contributed by atoms with Crippen LogP contribution < -0.4 is 19.7 Å². The van der Waals surface area contributed by atoms with Crippen LogP contribution in [-0.2, 0) is 0 Å². The van der Waals surface area contributed by atoms with Crippen LogP contribution in [0, 0.1) is 0 Å². The minimum atomic E-state index is -0.105. The largest absolute Gasteiger partial charge is 0.497 e. The highest BCUT2D eigenvalue weighted by Crippen LogP contribution is 2.22. The molecule has 1 aliphatic rings. The van der Waals surface area contributed by atoms with E-state index in [1.165, 1.54) is 0 Å². The first-order valence-electron chi connectivity index (χ1n) is 10.7. The fourth-order valence-corrected chi connectivity index (χ4v) is 3.55. The molecule has 0 bridgehead atoms. The van der Waals surface area contributed by atoms with Gasteiger partial charge in [-0.2, -0.15) is 0 Å². The molecule has 1 aromatic heterocycles. The zero-order valence-electron chi connectivity index (χ0n) is 18.3. The number of benzene rings is 2. The number of hydrogen-bond donors (Lipinski definition) is 1. The highest BCUT2D eigenvalue weighted by Gasteiger charge is 2.22. The van der Waals surface area contributed by atoms with Crippen molar-refractivity contribution < 1.29 is 14.3 Å². The van der Waals surface area contributed by atoms with Gasteiger partial charge in [0, 0.05) is 37.4 Å². The fourth-order valence-electron chi connectivity index (χ4n) is 3.55. The molecule has 1 saturated heterocycles. The highest BCUT2D eigenvalue weighted by atomic mass is 16.5. The molecule has 32 heavy (non-hydrogen) atoms. The van der Waals surface area contributed by atoms with E-state index in [0.29, 0.717) is 32.8 Å². The summed E-state index contributed by atoms with van der Waals surface area (Å²) in [5.74, 6) is 2.41. The topological polar surface area (TPSA) is 79.8 Å². The van der Waals surface area contributed by atoms with Gasteiger partial charge in [0.1, 0.15) is 11.5 Å². The molecule has 1 fully saturated rings. The molecule has 0 saturated carbocycles. The van der Waals surface area contributed by atoms with Gasteiger partial charge in [-0.05, 0) is 67.6 Å². The first-order chi connectivity index (χ1) is 15.7. The van der Waals surface area contributed by atoms with Crippen LogP contribution in [0.1, 0.15) is 6.92 Å². The zero-order valence-corrected chi connectivity index (χ0v) is 18.3. The van der Waals surface area contributed by atoms with E-state index in [0.717, 1.165) is 34.3 Å². The first kappa shape index (κ1) is 21.4. The average Bonchev–Trinajstić information content (AvgIpc) is 2.85. The number of piperazine rings is 1. The van der Waals surface area contributed by atoms with Gasteiger partial charge in [-0.1, -0.05) is 0 Å². The van der Waals surface area contributed by atoms with Gasteiger partial charge in [0.2, 0.25) is 0 Å². The lowest BCUT2D eigenvalue weighted by Crippen LogP contribution is -2.50. The molecule has 0 unspecified atom stereocenters. The van der Waals surface area contributed by atoms with Crippen molar-refractivity contribution in [1.82, 2.24) is 15.1 Å². The van der Waals surface area contributed by atoms with Crippen molar-refractivity contribution in [3.63, 3.8) is 0 Å². The number of nitrogens with zero attached hydrogens (tertiary/aromatic N) is 4. The molecule has 2 heterocycles. The molecule has 1 aliphatic heterocycles. The second-order valence-electron chi connectivity index (χ2n) is 7.37. The van der Waals surface area contributed by atoms with Crippen LogP contribution in [-0.4, -0.2) is 61.0 Å². The third-order valence-corrected chi connectivity index (χ3v) is 5.34. The van der Waals surface area contributed by atoms with Gasteiger partial charge >= 0.3 is 6.03 Å². The molecule has 0 spiro atoms. The summed E-state index contributed by atoms with van der Waals surface area (Å²) in [5.41, 5.74) is 2.55. The molecule has 2 aromatic carbocycles. The molecule has 0 atom stereocenters. The Morgan fingerprint density at radius 1 is 0.906 bits per heavy atom. The maximum Gasteiger partial charge on any atom is 0.321 e. The quantitative estimate of drug-likeness (QED) is 0.635. The molecule has 0 radical (unpaired) electrons. The Kier molecular flexibility index (Phi) is 6.69. The van der Waals surface area contributed by atoms with Crippen molar-refractivity contribution in [3.8, 4) is 22.8 Å². The minimum absolute atomic E-state index is 0.105. The molecule has 8 nitrogen and oxygen atoms in total. The van der Waals surface area contributed by atoms with Crippen LogP contribution in [0.25, 0.3) is 11.3 Å². The summed E-state index contributed by atoms with van der Waals surface area (Å²) in [5, 5.41) is 11.7. The van der Waals surface area contributed by atoms with Gasteiger partial charge in [0.05, 0.1) is 19.4 Å². The Hall–Kier alpha value is -3.81. The summed E-state index contributed by atoms with van der Waals surface area (Å²) < 4.78 is 10.6. The number of urea groups is 1. The van der Waals surface area contributed by atoms with Crippen LogP contribution in [0.5, 0.6) is 11.5 Å². The van der Waals surface area contributed by atoms with Crippen molar-refractivity contribution in [2.45, 2.75) is 6.92 Å². The van der Waals surface area contributed by atoms with Crippen molar-refractivity contribution in [3.05, 3.63) is 60.7 Å². The summed E-state index contributed by atoms with van der Waals surface area (Å²) in [6, 6.07) is 19.0. The number of carbonyl (C=O) groups excluding carboxylic acids is 1. The third kappa shape index (κ3) is 5.08. The normalized spacial score (nSPS) is 13.6. The van der Waals surface area contributed by atoms with Crippen molar-refractivity contribution in [2.24, 2.45) is 0 Å². The lowest BCUT2D eigenvalue weighted by Gasteiger charge is -2.35. The third-order valence-electron chi connectivity index (χ3n) is 5.34. The Bertz CT molecular complexity index is 1020. The van der Waals surface area contributed by atoms with Crippen LogP contribution >= 0.6 is 0 Å². The SMILES string of the molecule is CCOc1ccc(-c2ccc(N3CCN(C(=O)Nc4ccc(OC)cc4)CC3)nn2)cc1. The number of anilines is 2. The lowest BCUT2D eigenvalue weighted by molar-refractivity contribution is 0.208. The van der Waals surface area contributed by atoms with E-state index in [1.54, 1.807) is 7.11 Å². The molecule has 0 aliphatic carbocycles. The number of amides is 2. The zero-order chi connectivity index (χ0) is 22.3. The first-order valence-corrected chi connectivity index (χ1v) is 10.7. The predicted molar refractivity (Wildman–Crippen MR) is 124 cm³/mol. The molecule has 4 rings (SSSR count). The lowest BCUT2D eigenvalue weighted by atomic mass is 10.1. The predicted octanol–water partition coefficient (Wildman–Crippen LogP) is 3.91. The summed E-state index contributed by atoms with van der Waals surface area (Å²) in [6.45, 7) is 5.24. The number of methoxy groups -OCH3 is 1. The molecule has 166 valence electrons. The van der Waals surface area contributed by atoms with E-state index in [9.17, 15) is 4.79 Å². The van der Waals surface area contributed by atoms with E-state index < -0.39 is 0 Å². The number of aromatic nitrogens is 2. The van der Waals surface area contributed by atoms with Gasteiger partial charge < -0.3 is 24.6 Å². The Labute approximate surface area is 187 Å². The summed E-state index contributed by atoms with van der Waals surface area (Å²) in [4.78, 5) is 16.5. The number of carbonyl (C=O) groups is 1. The fraction of sp³-hybridized carbons (Fsp3) is 0.292. The average molecular weight is 434 g/mol. The highest BCUT2D eigenvalue weighted by molar-refractivity contribution is 5.89.